The van der Waals surface area contributed by atoms with E-state index >= 15 is 0 Å². The molecule has 106 valence electrons. The van der Waals surface area contributed by atoms with E-state index in [1.165, 1.54) is 11.3 Å². The summed E-state index contributed by atoms with van der Waals surface area (Å²) in [6.07, 6.45) is 3.06. The number of rotatable bonds is 4. The zero-order valence-electron chi connectivity index (χ0n) is 11.2. The van der Waals surface area contributed by atoms with E-state index in [-0.39, 0.29) is 16.1 Å². The maximum Gasteiger partial charge on any atom is 0.293 e. The van der Waals surface area contributed by atoms with Crippen molar-refractivity contribution in [2.45, 2.75) is 31.7 Å². The van der Waals surface area contributed by atoms with Gasteiger partial charge in [-0.15, -0.1) is 11.3 Å². The second-order valence-electron chi connectivity index (χ2n) is 5.40. The molecule has 1 heterocycles. The number of hydrogen-bond donors (Lipinski definition) is 2. The highest BCUT2D eigenvalue weighted by atomic mass is 32.1. The van der Waals surface area contributed by atoms with E-state index in [9.17, 15) is 10.1 Å². The molecule has 3 rings (SSSR count). The minimum atomic E-state index is -0.360. The van der Waals surface area contributed by atoms with Crippen molar-refractivity contribution in [3.63, 3.8) is 0 Å². The van der Waals surface area contributed by atoms with E-state index in [1.54, 1.807) is 12.1 Å². The average Bonchev–Trinajstić information content (AvgIpc) is 2.71. The largest absolute Gasteiger partial charge is 0.378 e. The molecule has 0 bridgehead atoms. The topological polar surface area (TPSA) is 94.1 Å². The molecule has 1 aliphatic rings. The standard InChI is InChI=1S/C13H16N4O2S/c1-8-16-10-5-9(15-7-13(14)3-2-4-13)11(17(18)19)6-12(10)20-8/h5-6,15H,2-4,7,14H2,1H3. The van der Waals surface area contributed by atoms with Crippen LogP contribution in [0.2, 0.25) is 0 Å². The Morgan fingerprint density at radius 3 is 2.90 bits per heavy atom. The molecule has 2 aromatic rings. The molecule has 0 saturated heterocycles. The molecule has 0 amide bonds. The van der Waals surface area contributed by atoms with Crippen LogP contribution in [-0.2, 0) is 0 Å². The molecule has 1 aromatic carbocycles. The van der Waals surface area contributed by atoms with Gasteiger partial charge >= 0.3 is 0 Å². The zero-order chi connectivity index (χ0) is 14.3. The molecule has 0 radical (unpaired) electrons. The molecular formula is C13H16N4O2S. The van der Waals surface area contributed by atoms with Crippen LogP contribution in [0.1, 0.15) is 24.3 Å². The average molecular weight is 292 g/mol. The second kappa shape index (κ2) is 4.68. The SMILES string of the molecule is Cc1nc2cc(NCC3(N)CCC3)c([N+](=O)[O-])cc2s1. The number of thiazole rings is 1. The summed E-state index contributed by atoms with van der Waals surface area (Å²) in [5.74, 6) is 0. The van der Waals surface area contributed by atoms with Crippen LogP contribution >= 0.6 is 11.3 Å². The van der Waals surface area contributed by atoms with Crippen LogP contribution in [0.3, 0.4) is 0 Å². The van der Waals surface area contributed by atoms with Gasteiger partial charge in [0, 0.05) is 18.2 Å². The van der Waals surface area contributed by atoms with Gasteiger partial charge in [0.1, 0.15) is 5.69 Å². The van der Waals surface area contributed by atoms with E-state index in [1.807, 2.05) is 6.92 Å². The summed E-state index contributed by atoms with van der Waals surface area (Å²) in [7, 11) is 0. The van der Waals surface area contributed by atoms with Crippen LogP contribution in [0, 0.1) is 17.0 Å². The molecule has 7 heteroatoms. The lowest BCUT2D eigenvalue weighted by atomic mass is 9.78. The summed E-state index contributed by atoms with van der Waals surface area (Å²) in [6, 6.07) is 3.34. The predicted molar refractivity (Wildman–Crippen MR) is 80.3 cm³/mol. The Labute approximate surface area is 120 Å². The maximum absolute atomic E-state index is 11.2. The molecule has 1 aromatic heterocycles. The van der Waals surface area contributed by atoms with Crippen LogP contribution in [0.15, 0.2) is 12.1 Å². The molecule has 1 saturated carbocycles. The van der Waals surface area contributed by atoms with Crippen LogP contribution in [0.5, 0.6) is 0 Å². The van der Waals surface area contributed by atoms with E-state index in [4.69, 9.17) is 5.73 Å². The minimum absolute atomic E-state index is 0.0871. The Bertz CT molecular complexity index is 678. The van der Waals surface area contributed by atoms with Crippen molar-refractivity contribution < 1.29 is 4.92 Å². The third-order valence-corrected chi connectivity index (χ3v) is 4.72. The smallest absolute Gasteiger partial charge is 0.293 e. The second-order valence-corrected chi connectivity index (χ2v) is 6.63. The molecule has 1 aliphatic carbocycles. The summed E-state index contributed by atoms with van der Waals surface area (Å²) in [5, 5.41) is 15.2. The Hall–Kier alpha value is -1.73. The van der Waals surface area contributed by atoms with E-state index in [0.717, 1.165) is 34.5 Å². The first kappa shape index (κ1) is 13.3. The van der Waals surface area contributed by atoms with Crippen molar-refractivity contribution in [3.05, 3.63) is 27.3 Å². The number of nitrogens with one attached hydrogen (secondary N) is 1. The van der Waals surface area contributed by atoms with Gasteiger partial charge in [-0.2, -0.15) is 0 Å². The number of aryl methyl sites for hydroxylation is 1. The first-order valence-electron chi connectivity index (χ1n) is 6.55. The molecule has 0 atom stereocenters. The van der Waals surface area contributed by atoms with Crippen LogP contribution < -0.4 is 11.1 Å². The number of benzene rings is 1. The number of nitrogens with two attached hydrogens (primary N) is 1. The van der Waals surface area contributed by atoms with Crippen molar-refractivity contribution in [2.75, 3.05) is 11.9 Å². The van der Waals surface area contributed by atoms with Crippen LogP contribution in [-0.4, -0.2) is 22.0 Å². The van der Waals surface area contributed by atoms with Gasteiger partial charge in [-0.1, -0.05) is 0 Å². The quantitative estimate of drug-likeness (QED) is 0.667. The molecule has 0 unspecified atom stereocenters. The maximum atomic E-state index is 11.2. The Kier molecular flexibility index (Phi) is 3.10. The van der Waals surface area contributed by atoms with Gasteiger partial charge < -0.3 is 11.1 Å². The highest BCUT2D eigenvalue weighted by Crippen LogP contribution is 2.35. The van der Waals surface area contributed by atoms with Crippen LogP contribution in [0.4, 0.5) is 11.4 Å². The predicted octanol–water partition coefficient (Wildman–Crippen LogP) is 2.81. The van der Waals surface area contributed by atoms with Crippen molar-refractivity contribution in [1.82, 2.24) is 4.98 Å². The van der Waals surface area contributed by atoms with Crippen molar-refractivity contribution in [2.24, 2.45) is 5.73 Å². The lowest BCUT2D eigenvalue weighted by molar-refractivity contribution is -0.383. The Morgan fingerprint density at radius 2 is 2.30 bits per heavy atom. The van der Waals surface area contributed by atoms with Crippen molar-refractivity contribution >= 4 is 32.9 Å². The fourth-order valence-corrected chi connectivity index (χ4v) is 3.29. The van der Waals surface area contributed by atoms with Gasteiger partial charge in [0.05, 0.1) is 20.1 Å². The van der Waals surface area contributed by atoms with Gasteiger partial charge in [-0.05, 0) is 32.3 Å². The third-order valence-electron chi connectivity index (χ3n) is 3.79. The summed E-state index contributed by atoms with van der Waals surface area (Å²) in [5.41, 5.74) is 7.31. The highest BCUT2D eigenvalue weighted by Gasteiger charge is 2.32. The summed E-state index contributed by atoms with van der Waals surface area (Å²) >= 11 is 1.46. The van der Waals surface area contributed by atoms with Gasteiger partial charge in [-0.25, -0.2) is 4.98 Å². The number of hydrogen-bond acceptors (Lipinski definition) is 6. The monoisotopic (exact) mass is 292 g/mol. The Morgan fingerprint density at radius 1 is 1.55 bits per heavy atom. The molecule has 3 N–H and O–H groups in total. The van der Waals surface area contributed by atoms with E-state index in [2.05, 4.69) is 10.3 Å². The zero-order valence-corrected chi connectivity index (χ0v) is 12.0. The molecule has 6 nitrogen and oxygen atoms in total. The van der Waals surface area contributed by atoms with Gasteiger partial charge in [0.2, 0.25) is 0 Å². The first-order chi connectivity index (χ1) is 9.47. The van der Waals surface area contributed by atoms with Crippen molar-refractivity contribution in [1.29, 1.82) is 0 Å². The first-order valence-corrected chi connectivity index (χ1v) is 7.37. The Balaban J connectivity index is 1.94. The number of aromatic nitrogens is 1. The van der Waals surface area contributed by atoms with Gasteiger partial charge in [0.25, 0.3) is 5.69 Å². The van der Waals surface area contributed by atoms with E-state index in [0.29, 0.717) is 12.2 Å². The summed E-state index contributed by atoms with van der Waals surface area (Å²) < 4.78 is 0.839. The fraction of sp³-hybridized carbons (Fsp3) is 0.462. The highest BCUT2D eigenvalue weighted by molar-refractivity contribution is 7.18. The number of nitrogens with zero attached hydrogens (tertiary/aromatic N) is 2. The molecule has 1 fully saturated rings. The van der Waals surface area contributed by atoms with Crippen molar-refractivity contribution in [3.8, 4) is 0 Å². The third kappa shape index (κ3) is 2.34. The normalized spacial score (nSPS) is 16.9. The molecular weight excluding hydrogens is 276 g/mol. The number of nitro benzene ring substituents is 1. The van der Waals surface area contributed by atoms with Crippen LogP contribution in [0.25, 0.3) is 10.2 Å². The van der Waals surface area contributed by atoms with E-state index < -0.39 is 0 Å². The molecule has 0 aliphatic heterocycles. The molecule has 0 spiro atoms. The van der Waals surface area contributed by atoms with Gasteiger partial charge in [-0.3, -0.25) is 10.1 Å². The number of nitro groups is 1. The fourth-order valence-electron chi connectivity index (χ4n) is 2.45. The number of fused-ring (bicyclic) bond motifs is 1. The lowest BCUT2D eigenvalue weighted by Gasteiger charge is -2.38. The lowest BCUT2D eigenvalue weighted by Crippen LogP contribution is -2.52. The van der Waals surface area contributed by atoms with Gasteiger partial charge in [0.15, 0.2) is 0 Å². The number of anilines is 1. The molecule has 20 heavy (non-hydrogen) atoms. The summed E-state index contributed by atoms with van der Waals surface area (Å²) in [4.78, 5) is 15.2. The summed E-state index contributed by atoms with van der Waals surface area (Å²) in [6.45, 7) is 2.45. The minimum Gasteiger partial charge on any atom is -0.378 e.